The number of halogens is 1. The van der Waals surface area contributed by atoms with Crippen molar-refractivity contribution in [1.29, 1.82) is 0 Å². The lowest BCUT2D eigenvalue weighted by atomic mass is 10.1. The largest absolute Gasteiger partial charge is 0.496 e. The first-order chi connectivity index (χ1) is 14.0. The summed E-state index contributed by atoms with van der Waals surface area (Å²) in [6.45, 7) is 2.74. The standard InChI is InChI=1S/C24H24ClNO3/c1-17-12-13-22(28-3)19(14-17)15-26(2)24(27)20-9-5-7-11-23(20)29-16-18-8-4-6-10-21(18)25/h4-14H,15-16H2,1-3H3. The molecule has 3 aromatic carbocycles. The van der Waals surface area contributed by atoms with Crippen LogP contribution in [0.15, 0.2) is 66.7 Å². The second-order valence-corrected chi connectivity index (χ2v) is 7.26. The fourth-order valence-electron chi connectivity index (χ4n) is 3.10. The van der Waals surface area contributed by atoms with Crippen molar-refractivity contribution < 1.29 is 14.3 Å². The first kappa shape index (κ1) is 20.7. The lowest BCUT2D eigenvalue weighted by Gasteiger charge is -2.21. The van der Waals surface area contributed by atoms with Gasteiger partial charge in [-0.25, -0.2) is 0 Å². The minimum absolute atomic E-state index is 0.122. The fraction of sp³-hybridized carbons (Fsp3) is 0.208. The Hall–Kier alpha value is -2.98. The third-order valence-electron chi connectivity index (χ3n) is 4.65. The van der Waals surface area contributed by atoms with Gasteiger partial charge in [-0.3, -0.25) is 4.79 Å². The molecule has 0 heterocycles. The van der Waals surface area contributed by atoms with Crippen molar-refractivity contribution in [2.75, 3.05) is 14.2 Å². The number of amides is 1. The van der Waals surface area contributed by atoms with Crippen molar-refractivity contribution >= 4 is 17.5 Å². The molecule has 0 N–H and O–H groups in total. The second-order valence-electron chi connectivity index (χ2n) is 6.85. The van der Waals surface area contributed by atoms with Gasteiger partial charge in [0.2, 0.25) is 0 Å². The summed E-state index contributed by atoms with van der Waals surface area (Å²) in [5, 5.41) is 0.639. The van der Waals surface area contributed by atoms with Gasteiger partial charge in [0.05, 0.1) is 12.7 Å². The number of aryl methyl sites for hydroxylation is 1. The fourth-order valence-corrected chi connectivity index (χ4v) is 3.29. The third kappa shape index (κ3) is 5.09. The maximum atomic E-state index is 13.1. The van der Waals surface area contributed by atoms with E-state index in [4.69, 9.17) is 21.1 Å². The van der Waals surface area contributed by atoms with Gasteiger partial charge in [0.15, 0.2) is 0 Å². The number of hydrogen-bond donors (Lipinski definition) is 0. The Morgan fingerprint density at radius 2 is 1.69 bits per heavy atom. The highest BCUT2D eigenvalue weighted by atomic mass is 35.5. The van der Waals surface area contributed by atoms with Gasteiger partial charge in [-0.1, -0.05) is 59.6 Å². The van der Waals surface area contributed by atoms with E-state index in [0.29, 0.717) is 29.5 Å². The Balaban J connectivity index is 1.77. The average molecular weight is 410 g/mol. The lowest BCUT2D eigenvalue weighted by Crippen LogP contribution is -2.27. The van der Waals surface area contributed by atoms with Gasteiger partial charge in [-0.05, 0) is 31.2 Å². The van der Waals surface area contributed by atoms with Gasteiger partial charge < -0.3 is 14.4 Å². The van der Waals surface area contributed by atoms with E-state index < -0.39 is 0 Å². The Morgan fingerprint density at radius 3 is 2.45 bits per heavy atom. The van der Waals surface area contributed by atoms with Crippen LogP contribution in [0.25, 0.3) is 0 Å². The minimum atomic E-state index is -0.122. The second kappa shape index (κ2) is 9.48. The van der Waals surface area contributed by atoms with Crippen LogP contribution >= 0.6 is 11.6 Å². The van der Waals surface area contributed by atoms with E-state index in [1.807, 2.05) is 61.5 Å². The topological polar surface area (TPSA) is 38.8 Å². The molecular weight excluding hydrogens is 386 g/mol. The number of rotatable bonds is 7. The van der Waals surface area contributed by atoms with Crippen LogP contribution in [0.4, 0.5) is 0 Å². The highest BCUT2D eigenvalue weighted by Crippen LogP contribution is 2.25. The SMILES string of the molecule is COc1ccc(C)cc1CN(C)C(=O)c1ccccc1OCc1ccccc1Cl. The summed E-state index contributed by atoms with van der Waals surface area (Å²) in [5.41, 5.74) is 3.45. The predicted molar refractivity (Wildman–Crippen MR) is 116 cm³/mol. The van der Waals surface area contributed by atoms with E-state index in [0.717, 1.165) is 22.4 Å². The Labute approximate surface area is 176 Å². The number of carbonyl (C=O) groups excluding carboxylic acids is 1. The smallest absolute Gasteiger partial charge is 0.257 e. The van der Waals surface area contributed by atoms with Crippen LogP contribution in [0.2, 0.25) is 5.02 Å². The molecule has 0 aromatic heterocycles. The highest BCUT2D eigenvalue weighted by Gasteiger charge is 2.18. The predicted octanol–water partition coefficient (Wildman–Crippen LogP) is 5.51. The number of carbonyl (C=O) groups is 1. The van der Waals surface area contributed by atoms with Gasteiger partial charge in [0.1, 0.15) is 18.1 Å². The van der Waals surface area contributed by atoms with E-state index in [-0.39, 0.29) is 5.91 Å². The van der Waals surface area contributed by atoms with Crippen molar-refractivity contribution in [3.8, 4) is 11.5 Å². The summed E-state index contributed by atoms with van der Waals surface area (Å²) in [5.74, 6) is 1.17. The summed E-state index contributed by atoms with van der Waals surface area (Å²) in [6.07, 6.45) is 0. The lowest BCUT2D eigenvalue weighted by molar-refractivity contribution is 0.0779. The molecule has 0 aliphatic heterocycles. The Bertz CT molecular complexity index is 1000. The molecule has 0 fully saturated rings. The molecule has 0 aliphatic carbocycles. The average Bonchev–Trinajstić information content (AvgIpc) is 2.73. The summed E-state index contributed by atoms with van der Waals surface area (Å²) >= 11 is 6.21. The van der Waals surface area contributed by atoms with Gasteiger partial charge in [0, 0.05) is 29.7 Å². The van der Waals surface area contributed by atoms with Crippen molar-refractivity contribution in [2.24, 2.45) is 0 Å². The highest BCUT2D eigenvalue weighted by molar-refractivity contribution is 6.31. The van der Waals surface area contributed by atoms with Crippen LogP contribution in [-0.2, 0) is 13.2 Å². The molecule has 0 saturated heterocycles. The van der Waals surface area contributed by atoms with Crippen LogP contribution in [-0.4, -0.2) is 25.0 Å². The zero-order valence-corrected chi connectivity index (χ0v) is 17.6. The molecule has 3 aromatic rings. The number of nitrogens with zero attached hydrogens (tertiary/aromatic N) is 1. The van der Waals surface area contributed by atoms with Gasteiger partial charge in [-0.15, -0.1) is 0 Å². The first-order valence-electron chi connectivity index (χ1n) is 9.34. The van der Waals surface area contributed by atoms with Crippen LogP contribution in [0.1, 0.15) is 27.0 Å². The molecule has 0 radical (unpaired) electrons. The molecular formula is C24H24ClNO3. The van der Waals surface area contributed by atoms with Gasteiger partial charge >= 0.3 is 0 Å². The Morgan fingerprint density at radius 1 is 0.966 bits per heavy atom. The van der Waals surface area contributed by atoms with Crippen molar-refractivity contribution in [2.45, 2.75) is 20.1 Å². The maximum Gasteiger partial charge on any atom is 0.257 e. The number of hydrogen-bond acceptors (Lipinski definition) is 3. The molecule has 0 spiro atoms. The monoisotopic (exact) mass is 409 g/mol. The van der Waals surface area contributed by atoms with Crippen LogP contribution in [0.3, 0.4) is 0 Å². The molecule has 150 valence electrons. The van der Waals surface area contributed by atoms with Gasteiger partial charge in [0.25, 0.3) is 5.91 Å². The maximum absolute atomic E-state index is 13.1. The van der Waals surface area contributed by atoms with Crippen molar-refractivity contribution in [1.82, 2.24) is 4.90 Å². The quantitative estimate of drug-likeness (QED) is 0.516. The van der Waals surface area contributed by atoms with E-state index >= 15 is 0 Å². The zero-order valence-electron chi connectivity index (χ0n) is 16.8. The van der Waals surface area contributed by atoms with Gasteiger partial charge in [-0.2, -0.15) is 0 Å². The Kier molecular flexibility index (Phi) is 6.78. The van der Waals surface area contributed by atoms with E-state index in [1.54, 1.807) is 31.2 Å². The molecule has 1 amide bonds. The normalized spacial score (nSPS) is 10.5. The number of methoxy groups -OCH3 is 1. The molecule has 0 saturated carbocycles. The molecule has 0 aliphatic rings. The molecule has 0 unspecified atom stereocenters. The summed E-state index contributed by atoms with van der Waals surface area (Å²) < 4.78 is 11.4. The number of ether oxygens (including phenoxy) is 2. The molecule has 0 bridgehead atoms. The molecule has 0 atom stereocenters. The summed E-state index contributed by atoms with van der Waals surface area (Å²) in [4.78, 5) is 14.8. The first-order valence-corrected chi connectivity index (χ1v) is 9.71. The van der Waals surface area contributed by atoms with E-state index in [1.165, 1.54) is 0 Å². The number of para-hydroxylation sites is 1. The molecule has 29 heavy (non-hydrogen) atoms. The van der Waals surface area contributed by atoms with E-state index in [9.17, 15) is 4.79 Å². The summed E-state index contributed by atoms with van der Waals surface area (Å²) in [6, 6.07) is 20.7. The molecule has 3 rings (SSSR count). The minimum Gasteiger partial charge on any atom is -0.496 e. The van der Waals surface area contributed by atoms with Crippen LogP contribution < -0.4 is 9.47 Å². The summed E-state index contributed by atoms with van der Waals surface area (Å²) in [7, 11) is 3.41. The molecule has 5 heteroatoms. The number of benzene rings is 3. The van der Waals surface area contributed by atoms with Crippen LogP contribution in [0.5, 0.6) is 11.5 Å². The molecule has 4 nitrogen and oxygen atoms in total. The zero-order chi connectivity index (χ0) is 20.8. The van der Waals surface area contributed by atoms with Crippen molar-refractivity contribution in [3.05, 3.63) is 94.0 Å². The van der Waals surface area contributed by atoms with Crippen molar-refractivity contribution in [3.63, 3.8) is 0 Å². The van der Waals surface area contributed by atoms with Crippen LogP contribution in [0, 0.1) is 6.92 Å². The van der Waals surface area contributed by atoms with E-state index in [2.05, 4.69) is 0 Å². The third-order valence-corrected chi connectivity index (χ3v) is 5.02.